The van der Waals surface area contributed by atoms with E-state index in [9.17, 15) is 28.8 Å². The molecule has 0 aromatic rings. The van der Waals surface area contributed by atoms with E-state index in [-0.39, 0.29) is 6.42 Å². The van der Waals surface area contributed by atoms with Crippen molar-refractivity contribution in [3.05, 3.63) is 0 Å². The van der Waals surface area contributed by atoms with Gasteiger partial charge in [-0.05, 0) is 13.3 Å². The average Bonchev–Trinajstić information content (AvgIpc) is 2.55. The van der Waals surface area contributed by atoms with E-state index in [2.05, 4.69) is 16.0 Å². The molecule has 0 saturated heterocycles. The van der Waals surface area contributed by atoms with Crippen molar-refractivity contribution in [3.8, 4) is 0 Å². The minimum Gasteiger partial charge on any atom is -0.481 e. The summed E-state index contributed by atoms with van der Waals surface area (Å²) < 4.78 is 0. The van der Waals surface area contributed by atoms with Crippen LogP contribution in [0.3, 0.4) is 0 Å². The fourth-order valence-corrected chi connectivity index (χ4v) is 1.74. The first kappa shape index (κ1) is 23.8. The molecule has 0 aromatic carbocycles. The van der Waals surface area contributed by atoms with E-state index >= 15 is 0 Å². The molecule has 0 spiro atoms. The van der Waals surface area contributed by atoms with Crippen LogP contribution in [0.1, 0.15) is 26.2 Å². The summed E-state index contributed by atoms with van der Waals surface area (Å²) in [5, 5.41) is 32.3. The molecule has 3 amide bonds. The maximum atomic E-state index is 12.0. The van der Waals surface area contributed by atoms with E-state index in [4.69, 9.17) is 21.1 Å². The highest BCUT2D eigenvalue weighted by molar-refractivity contribution is 5.93. The van der Waals surface area contributed by atoms with E-state index in [1.807, 2.05) is 0 Å². The van der Waals surface area contributed by atoms with Gasteiger partial charge in [0.05, 0.1) is 19.0 Å². The second kappa shape index (κ2) is 11.4. The Bertz CT molecular complexity index is 607. The number of carbonyl (C=O) groups excluding carboxylic acids is 3. The fraction of sp³-hybridized carbons (Fsp3) is 0.571. The van der Waals surface area contributed by atoms with Gasteiger partial charge >= 0.3 is 17.9 Å². The third-order valence-electron chi connectivity index (χ3n) is 3.18. The van der Waals surface area contributed by atoms with Gasteiger partial charge in [0, 0.05) is 6.42 Å². The van der Waals surface area contributed by atoms with Crippen molar-refractivity contribution in [1.29, 1.82) is 0 Å². The topological polar surface area (TPSA) is 225 Å². The van der Waals surface area contributed by atoms with Crippen LogP contribution in [-0.4, -0.2) is 75.6 Å². The summed E-state index contributed by atoms with van der Waals surface area (Å²) in [5.74, 6) is -6.56. The number of hydrogen-bond donors (Lipinski definition) is 7. The normalized spacial score (nSPS) is 13.6. The Morgan fingerprint density at radius 3 is 2.00 bits per heavy atom. The molecule has 0 bridgehead atoms. The standard InChI is InChI=1S/C14H22N4O9/c1-6(14(26)27)17-13(25)8(2-3-10(20)21)18-9(19)5-16-12(24)7(15)4-11(22)23/h6-8H,2-5,15H2,1H3,(H,16,24)(H,17,25)(H,18,19)(H,20,21)(H,22,23)(H,26,27). The van der Waals surface area contributed by atoms with Gasteiger partial charge in [-0.25, -0.2) is 0 Å². The van der Waals surface area contributed by atoms with Crippen molar-refractivity contribution < 1.29 is 44.1 Å². The van der Waals surface area contributed by atoms with Gasteiger partial charge < -0.3 is 37.0 Å². The molecular formula is C14H22N4O9. The molecule has 0 aromatic heterocycles. The lowest BCUT2D eigenvalue weighted by atomic mass is 10.1. The number of hydrogen-bond acceptors (Lipinski definition) is 7. The molecule has 0 aliphatic heterocycles. The van der Waals surface area contributed by atoms with Gasteiger partial charge in [0.25, 0.3) is 0 Å². The molecule has 13 nitrogen and oxygen atoms in total. The highest BCUT2D eigenvalue weighted by Crippen LogP contribution is 1.99. The third-order valence-corrected chi connectivity index (χ3v) is 3.18. The molecule has 3 unspecified atom stereocenters. The summed E-state index contributed by atoms with van der Waals surface area (Å²) in [4.78, 5) is 67.3. The first-order valence-corrected chi connectivity index (χ1v) is 7.73. The van der Waals surface area contributed by atoms with Gasteiger partial charge in [-0.2, -0.15) is 0 Å². The maximum absolute atomic E-state index is 12.0. The van der Waals surface area contributed by atoms with Gasteiger partial charge in [-0.15, -0.1) is 0 Å². The largest absolute Gasteiger partial charge is 0.481 e. The van der Waals surface area contributed by atoms with Crippen LogP contribution >= 0.6 is 0 Å². The van der Waals surface area contributed by atoms with Gasteiger partial charge in [0.15, 0.2) is 0 Å². The van der Waals surface area contributed by atoms with E-state index in [0.29, 0.717) is 0 Å². The van der Waals surface area contributed by atoms with E-state index in [1.165, 1.54) is 6.92 Å². The Labute approximate surface area is 153 Å². The first-order chi connectivity index (χ1) is 12.4. The first-order valence-electron chi connectivity index (χ1n) is 7.73. The van der Waals surface area contributed by atoms with Crippen molar-refractivity contribution in [2.75, 3.05) is 6.54 Å². The lowest BCUT2D eigenvalue weighted by molar-refractivity contribution is -0.142. The third kappa shape index (κ3) is 10.4. The molecule has 0 aliphatic carbocycles. The van der Waals surface area contributed by atoms with Crippen molar-refractivity contribution in [1.82, 2.24) is 16.0 Å². The fourth-order valence-electron chi connectivity index (χ4n) is 1.74. The number of carbonyl (C=O) groups is 6. The second-order valence-electron chi connectivity index (χ2n) is 5.54. The number of rotatable bonds is 12. The number of nitrogens with one attached hydrogen (secondary N) is 3. The zero-order valence-corrected chi connectivity index (χ0v) is 14.4. The quantitative estimate of drug-likeness (QED) is 0.177. The van der Waals surface area contributed by atoms with Crippen LogP contribution in [0.5, 0.6) is 0 Å². The maximum Gasteiger partial charge on any atom is 0.325 e. The summed E-state index contributed by atoms with van der Waals surface area (Å²) in [7, 11) is 0. The number of aliphatic carboxylic acids is 3. The zero-order valence-electron chi connectivity index (χ0n) is 14.4. The highest BCUT2D eigenvalue weighted by atomic mass is 16.4. The van der Waals surface area contributed by atoms with E-state index < -0.39 is 73.1 Å². The molecule has 0 radical (unpaired) electrons. The molecule has 0 heterocycles. The monoisotopic (exact) mass is 390 g/mol. The summed E-state index contributed by atoms with van der Waals surface area (Å²) >= 11 is 0. The van der Waals surface area contributed by atoms with Crippen molar-refractivity contribution in [3.63, 3.8) is 0 Å². The minimum absolute atomic E-state index is 0.314. The smallest absolute Gasteiger partial charge is 0.325 e. The van der Waals surface area contributed by atoms with E-state index in [0.717, 1.165) is 0 Å². The Morgan fingerprint density at radius 2 is 1.52 bits per heavy atom. The predicted octanol–water partition coefficient (Wildman–Crippen LogP) is -3.16. The minimum atomic E-state index is -1.38. The lowest BCUT2D eigenvalue weighted by Crippen LogP contribution is -2.53. The summed E-state index contributed by atoms with van der Waals surface area (Å²) in [5.41, 5.74) is 5.31. The molecule has 13 heteroatoms. The molecule has 0 fully saturated rings. The summed E-state index contributed by atoms with van der Waals surface area (Å²) in [6, 6.07) is -3.99. The van der Waals surface area contributed by atoms with Gasteiger partial charge in [0.2, 0.25) is 17.7 Å². The molecule has 0 saturated carbocycles. The van der Waals surface area contributed by atoms with Crippen LogP contribution in [0.25, 0.3) is 0 Å². The molecule has 0 rings (SSSR count). The average molecular weight is 390 g/mol. The molecule has 27 heavy (non-hydrogen) atoms. The highest BCUT2D eigenvalue weighted by Gasteiger charge is 2.25. The summed E-state index contributed by atoms with van der Waals surface area (Å²) in [6.07, 6.45) is -1.44. The number of amides is 3. The molecular weight excluding hydrogens is 368 g/mol. The molecule has 0 aliphatic rings. The van der Waals surface area contributed by atoms with Crippen LogP contribution in [0.15, 0.2) is 0 Å². The van der Waals surface area contributed by atoms with Crippen molar-refractivity contribution >= 4 is 35.6 Å². The molecule has 3 atom stereocenters. The lowest BCUT2D eigenvalue weighted by Gasteiger charge is -2.19. The molecule has 152 valence electrons. The Kier molecular flexibility index (Phi) is 10.0. The van der Waals surface area contributed by atoms with Gasteiger partial charge in [0.1, 0.15) is 12.1 Å². The number of carboxylic acids is 3. The van der Waals surface area contributed by atoms with E-state index in [1.54, 1.807) is 0 Å². The van der Waals surface area contributed by atoms with Crippen LogP contribution in [-0.2, 0) is 28.8 Å². The second-order valence-corrected chi connectivity index (χ2v) is 5.54. The molecule has 8 N–H and O–H groups in total. The van der Waals surface area contributed by atoms with Crippen molar-refractivity contribution in [2.24, 2.45) is 5.73 Å². The van der Waals surface area contributed by atoms with Crippen LogP contribution in [0.2, 0.25) is 0 Å². The Morgan fingerprint density at radius 1 is 0.926 bits per heavy atom. The Balaban J connectivity index is 4.75. The van der Waals surface area contributed by atoms with Gasteiger partial charge in [-0.3, -0.25) is 28.8 Å². The van der Waals surface area contributed by atoms with Crippen molar-refractivity contribution in [2.45, 2.75) is 44.3 Å². The van der Waals surface area contributed by atoms with Gasteiger partial charge in [-0.1, -0.05) is 0 Å². The SMILES string of the molecule is CC(NC(=O)C(CCC(=O)O)NC(=O)CNC(=O)C(N)CC(=O)O)C(=O)O. The summed E-state index contributed by atoms with van der Waals surface area (Å²) in [6.45, 7) is 0.540. The van der Waals surface area contributed by atoms with Crippen LogP contribution < -0.4 is 21.7 Å². The Hall–Kier alpha value is -3.22. The van der Waals surface area contributed by atoms with Crippen LogP contribution in [0, 0.1) is 0 Å². The number of carboxylic acid groups (broad SMARTS) is 3. The predicted molar refractivity (Wildman–Crippen MR) is 87.3 cm³/mol. The number of nitrogens with two attached hydrogens (primary N) is 1. The van der Waals surface area contributed by atoms with Crippen LogP contribution in [0.4, 0.5) is 0 Å². The zero-order chi connectivity index (χ0) is 21.1.